The van der Waals surface area contributed by atoms with Crippen LogP contribution in [0.5, 0.6) is 5.75 Å². The highest BCUT2D eigenvalue weighted by atomic mass is 16.5. The van der Waals surface area contributed by atoms with Crippen LogP contribution in [0.1, 0.15) is 0 Å². The molecule has 2 aromatic carbocycles. The highest BCUT2D eigenvalue weighted by Gasteiger charge is 2.20. The third-order valence-corrected chi connectivity index (χ3v) is 5.67. The highest BCUT2D eigenvalue weighted by Crippen LogP contribution is 2.30. The predicted molar refractivity (Wildman–Crippen MR) is 113 cm³/mol. The molecule has 0 radical (unpaired) electrons. The molecule has 6 heteroatoms. The van der Waals surface area contributed by atoms with Gasteiger partial charge >= 0.3 is 0 Å². The summed E-state index contributed by atoms with van der Waals surface area (Å²) >= 11 is 0. The van der Waals surface area contributed by atoms with Crippen molar-refractivity contribution in [3.05, 3.63) is 55.0 Å². The molecule has 0 saturated carbocycles. The smallest absolute Gasteiger partial charge is 0.119 e. The van der Waals surface area contributed by atoms with Gasteiger partial charge < -0.3 is 14.5 Å². The molecule has 1 saturated heterocycles. The second kappa shape index (κ2) is 6.71. The minimum absolute atomic E-state index is 0.878. The number of anilines is 2. The van der Waals surface area contributed by atoms with Gasteiger partial charge in [0.25, 0.3) is 0 Å². The SMILES string of the molecule is COc1ccc2cncc(N3CCN(c4ccc5cnn(C)c5c4)CC3)c2c1. The van der Waals surface area contributed by atoms with Crippen molar-refractivity contribution < 1.29 is 4.74 Å². The molecule has 4 aromatic rings. The Kier molecular flexibility index (Phi) is 4.04. The van der Waals surface area contributed by atoms with Crippen LogP contribution in [0.3, 0.4) is 0 Å². The number of hydrogen-bond donors (Lipinski definition) is 0. The average molecular weight is 373 g/mol. The van der Waals surface area contributed by atoms with Gasteiger partial charge in [-0.25, -0.2) is 0 Å². The summed E-state index contributed by atoms with van der Waals surface area (Å²) in [5.74, 6) is 0.878. The second-order valence-corrected chi connectivity index (χ2v) is 7.23. The standard InChI is InChI=1S/C22H23N5O/c1-25-21-11-18(5-3-17(21)14-24-25)26-7-9-27(10-8-26)22-15-23-13-16-4-6-19(28-2)12-20(16)22/h3-6,11-15H,7-10H2,1-2H3. The molecule has 0 atom stereocenters. The largest absolute Gasteiger partial charge is 0.497 e. The molecule has 0 spiro atoms. The van der Waals surface area contributed by atoms with Gasteiger partial charge in [0, 0.05) is 61.3 Å². The maximum atomic E-state index is 5.42. The number of hydrogen-bond acceptors (Lipinski definition) is 5. The fourth-order valence-corrected chi connectivity index (χ4v) is 4.04. The van der Waals surface area contributed by atoms with E-state index in [-0.39, 0.29) is 0 Å². The van der Waals surface area contributed by atoms with Crippen LogP contribution in [0.15, 0.2) is 55.0 Å². The van der Waals surface area contributed by atoms with Crippen LogP contribution in [0, 0.1) is 0 Å². The molecule has 2 aromatic heterocycles. The number of fused-ring (bicyclic) bond motifs is 2. The molecular formula is C22H23N5O. The summed E-state index contributed by atoms with van der Waals surface area (Å²) in [6, 6.07) is 12.8. The molecule has 142 valence electrons. The molecule has 0 amide bonds. The molecular weight excluding hydrogens is 350 g/mol. The maximum Gasteiger partial charge on any atom is 0.119 e. The van der Waals surface area contributed by atoms with E-state index in [0.717, 1.165) is 37.3 Å². The van der Waals surface area contributed by atoms with E-state index >= 15 is 0 Å². The van der Waals surface area contributed by atoms with Gasteiger partial charge in [0.05, 0.1) is 30.7 Å². The normalized spacial score (nSPS) is 14.8. The van der Waals surface area contributed by atoms with Gasteiger partial charge in [-0.2, -0.15) is 5.10 Å². The molecule has 0 unspecified atom stereocenters. The fraction of sp³-hybridized carbons (Fsp3) is 0.273. The number of nitrogens with zero attached hydrogens (tertiary/aromatic N) is 5. The van der Waals surface area contributed by atoms with Crippen LogP contribution in [0.4, 0.5) is 11.4 Å². The van der Waals surface area contributed by atoms with E-state index in [2.05, 4.69) is 50.2 Å². The van der Waals surface area contributed by atoms with Crippen LogP contribution in [-0.2, 0) is 7.05 Å². The third-order valence-electron chi connectivity index (χ3n) is 5.67. The number of benzene rings is 2. The van der Waals surface area contributed by atoms with Crippen molar-refractivity contribution in [3.63, 3.8) is 0 Å². The first-order chi connectivity index (χ1) is 13.7. The zero-order chi connectivity index (χ0) is 19.1. The number of pyridine rings is 1. The van der Waals surface area contributed by atoms with Crippen molar-refractivity contribution in [2.45, 2.75) is 0 Å². The predicted octanol–water partition coefficient (Wildman–Crippen LogP) is 3.46. The van der Waals surface area contributed by atoms with Crippen molar-refractivity contribution in [1.82, 2.24) is 14.8 Å². The lowest BCUT2D eigenvalue weighted by molar-refractivity contribution is 0.415. The molecule has 1 fully saturated rings. The molecule has 28 heavy (non-hydrogen) atoms. The average Bonchev–Trinajstić information content (AvgIpc) is 3.13. The summed E-state index contributed by atoms with van der Waals surface area (Å²) in [7, 11) is 3.70. The van der Waals surface area contributed by atoms with E-state index < -0.39 is 0 Å². The summed E-state index contributed by atoms with van der Waals surface area (Å²) < 4.78 is 7.36. The number of aryl methyl sites for hydroxylation is 1. The zero-order valence-corrected chi connectivity index (χ0v) is 16.2. The monoisotopic (exact) mass is 373 g/mol. The molecule has 0 aliphatic carbocycles. The Bertz CT molecular complexity index is 1140. The zero-order valence-electron chi connectivity index (χ0n) is 16.2. The van der Waals surface area contributed by atoms with Gasteiger partial charge in [-0.05, 0) is 36.4 Å². The van der Waals surface area contributed by atoms with E-state index in [1.54, 1.807) is 7.11 Å². The molecule has 1 aliphatic heterocycles. The number of piperazine rings is 1. The number of rotatable bonds is 3. The van der Waals surface area contributed by atoms with Crippen LogP contribution in [-0.4, -0.2) is 48.1 Å². The van der Waals surface area contributed by atoms with Crippen molar-refractivity contribution >= 4 is 33.1 Å². The first kappa shape index (κ1) is 16.9. The Morgan fingerprint density at radius 1 is 0.857 bits per heavy atom. The quantitative estimate of drug-likeness (QED) is 0.550. The molecule has 0 N–H and O–H groups in total. The highest BCUT2D eigenvalue weighted by molar-refractivity contribution is 5.94. The van der Waals surface area contributed by atoms with Crippen molar-refractivity contribution in [2.75, 3.05) is 43.1 Å². The van der Waals surface area contributed by atoms with Gasteiger partial charge in [-0.1, -0.05) is 0 Å². The topological polar surface area (TPSA) is 46.4 Å². The first-order valence-corrected chi connectivity index (χ1v) is 9.56. The molecule has 0 bridgehead atoms. The summed E-state index contributed by atoms with van der Waals surface area (Å²) in [4.78, 5) is 9.32. The van der Waals surface area contributed by atoms with Gasteiger partial charge in [0.15, 0.2) is 0 Å². The molecule has 3 heterocycles. The minimum atomic E-state index is 0.878. The van der Waals surface area contributed by atoms with Crippen molar-refractivity contribution in [3.8, 4) is 5.75 Å². The minimum Gasteiger partial charge on any atom is -0.497 e. The lowest BCUT2D eigenvalue weighted by Crippen LogP contribution is -2.46. The number of aromatic nitrogens is 3. The Hall–Kier alpha value is -3.28. The molecule has 6 nitrogen and oxygen atoms in total. The van der Waals surface area contributed by atoms with Crippen LogP contribution < -0.4 is 14.5 Å². The van der Waals surface area contributed by atoms with E-state index in [1.807, 2.05) is 36.4 Å². The lowest BCUT2D eigenvalue weighted by atomic mass is 10.1. The fourth-order valence-electron chi connectivity index (χ4n) is 4.04. The lowest BCUT2D eigenvalue weighted by Gasteiger charge is -2.37. The molecule has 5 rings (SSSR count). The van der Waals surface area contributed by atoms with Gasteiger partial charge in [-0.3, -0.25) is 9.67 Å². The van der Waals surface area contributed by atoms with Gasteiger partial charge in [-0.15, -0.1) is 0 Å². The van der Waals surface area contributed by atoms with E-state index in [0.29, 0.717) is 0 Å². The molecule has 1 aliphatic rings. The summed E-state index contributed by atoms with van der Waals surface area (Å²) in [5, 5.41) is 7.87. The van der Waals surface area contributed by atoms with E-state index in [1.165, 1.54) is 27.7 Å². The Morgan fingerprint density at radius 2 is 1.64 bits per heavy atom. The Balaban J connectivity index is 1.39. The number of methoxy groups -OCH3 is 1. The second-order valence-electron chi connectivity index (χ2n) is 7.23. The maximum absolute atomic E-state index is 5.42. The van der Waals surface area contributed by atoms with Crippen LogP contribution in [0.25, 0.3) is 21.7 Å². The summed E-state index contributed by atoms with van der Waals surface area (Å²) in [6.07, 6.45) is 5.80. The van der Waals surface area contributed by atoms with E-state index in [4.69, 9.17) is 4.74 Å². The Morgan fingerprint density at radius 3 is 2.46 bits per heavy atom. The van der Waals surface area contributed by atoms with E-state index in [9.17, 15) is 0 Å². The van der Waals surface area contributed by atoms with Gasteiger partial charge in [0.1, 0.15) is 5.75 Å². The van der Waals surface area contributed by atoms with Crippen LogP contribution in [0.2, 0.25) is 0 Å². The summed E-state index contributed by atoms with van der Waals surface area (Å²) in [6.45, 7) is 3.87. The van der Waals surface area contributed by atoms with Crippen molar-refractivity contribution in [1.29, 1.82) is 0 Å². The first-order valence-electron chi connectivity index (χ1n) is 9.56. The Labute approximate surface area is 163 Å². The van der Waals surface area contributed by atoms with Crippen LogP contribution >= 0.6 is 0 Å². The number of ether oxygens (including phenoxy) is 1. The van der Waals surface area contributed by atoms with Crippen molar-refractivity contribution in [2.24, 2.45) is 7.05 Å². The van der Waals surface area contributed by atoms with Gasteiger partial charge in [0.2, 0.25) is 0 Å². The third kappa shape index (κ3) is 2.81. The summed E-state index contributed by atoms with van der Waals surface area (Å²) in [5.41, 5.74) is 3.61.